The molecule has 2 saturated heterocycles. The van der Waals surface area contributed by atoms with Crippen LogP contribution in [0.25, 0.3) is 0 Å². The van der Waals surface area contributed by atoms with Crippen LogP contribution in [0.3, 0.4) is 0 Å². The van der Waals surface area contributed by atoms with Crippen LogP contribution in [-0.4, -0.2) is 55.4 Å². The average Bonchev–Trinajstić information content (AvgIpc) is 3.42. The first kappa shape index (κ1) is 19.6. The summed E-state index contributed by atoms with van der Waals surface area (Å²) in [6.07, 6.45) is -2.01. The minimum atomic E-state index is -0.635. The Labute approximate surface area is 171 Å². The number of hydrogen-bond donors (Lipinski definition) is 2. The Morgan fingerprint density at radius 1 is 1.07 bits per heavy atom. The largest absolute Gasteiger partial charge is 0.441 e. The normalized spacial score (nSPS) is 25.3. The first-order valence-corrected chi connectivity index (χ1v) is 10.1. The quantitative estimate of drug-likeness (QED) is 0.726. The smallest absolute Gasteiger partial charge is 0.412 e. The maximum Gasteiger partial charge on any atom is 0.412 e. The number of rotatable bonds is 5. The van der Waals surface area contributed by atoms with Crippen molar-refractivity contribution in [3.63, 3.8) is 0 Å². The van der Waals surface area contributed by atoms with Crippen molar-refractivity contribution in [2.24, 2.45) is 0 Å². The molecule has 0 aliphatic carbocycles. The summed E-state index contributed by atoms with van der Waals surface area (Å²) in [5, 5.41) is 7.38. The molecular weight excluding hydrogens is 396 g/mol. The van der Waals surface area contributed by atoms with E-state index in [0.717, 1.165) is 0 Å². The number of hydrogen-bond acceptors (Lipinski definition) is 7. The third kappa shape index (κ3) is 4.31. The molecule has 2 amide bonds. The van der Waals surface area contributed by atoms with Crippen molar-refractivity contribution in [2.75, 3.05) is 18.5 Å². The van der Waals surface area contributed by atoms with E-state index < -0.39 is 18.3 Å². The third-order valence-corrected chi connectivity index (χ3v) is 5.73. The summed E-state index contributed by atoms with van der Waals surface area (Å²) in [7, 11) is 0. The van der Waals surface area contributed by atoms with Gasteiger partial charge in [-0.1, -0.05) is 6.07 Å². The molecule has 0 radical (unpaired) electrons. The molecule has 8 nitrogen and oxygen atoms in total. The standard InChI is InChI=1S/C20H20N2O6S/c1-11(23)12-4-6-13(7-5-12)21-20(25)28-15-10-27-17-14(9-26-18(15)17)22-19(24)16-3-2-8-29-16/h2-8,14-15,17-18H,9-10H2,1H3,(H,21,25)(H,22,24)/t14-,15-,17-,18+/m0/s1. The average molecular weight is 416 g/mol. The van der Waals surface area contributed by atoms with Crippen LogP contribution in [0.4, 0.5) is 10.5 Å². The molecule has 2 aliphatic heterocycles. The second kappa shape index (κ2) is 8.32. The summed E-state index contributed by atoms with van der Waals surface area (Å²) in [6, 6.07) is 9.80. The highest BCUT2D eigenvalue weighted by Crippen LogP contribution is 2.29. The number of anilines is 1. The number of ketones is 1. The van der Waals surface area contributed by atoms with Gasteiger partial charge in [0.05, 0.1) is 24.1 Å². The lowest BCUT2D eigenvalue weighted by atomic mass is 10.1. The van der Waals surface area contributed by atoms with Gasteiger partial charge in [-0.25, -0.2) is 4.79 Å². The monoisotopic (exact) mass is 416 g/mol. The van der Waals surface area contributed by atoms with Crippen LogP contribution in [0.5, 0.6) is 0 Å². The summed E-state index contributed by atoms with van der Waals surface area (Å²) < 4.78 is 16.9. The first-order valence-electron chi connectivity index (χ1n) is 9.17. The molecule has 1 aromatic heterocycles. The first-order chi connectivity index (χ1) is 14.0. The van der Waals surface area contributed by atoms with E-state index in [1.54, 1.807) is 30.3 Å². The van der Waals surface area contributed by atoms with E-state index in [9.17, 15) is 14.4 Å². The van der Waals surface area contributed by atoms with E-state index in [1.807, 2.05) is 11.4 Å². The number of fused-ring (bicyclic) bond motifs is 1. The highest BCUT2D eigenvalue weighted by atomic mass is 32.1. The fourth-order valence-electron chi connectivity index (χ4n) is 3.41. The molecule has 0 unspecified atom stereocenters. The Kier molecular flexibility index (Phi) is 5.61. The Balaban J connectivity index is 1.30. The van der Waals surface area contributed by atoms with E-state index in [0.29, 0.717) is 22.7 Å². The van der Waals surface area contributed by atoms with Gasteiger partial charge in [0.2, 0.25) is 0 Å². The number of amides is 2. The predicted molar refractivity (Wildman–Crippen MR) is 105 cm³/mol. The van der Waals surface area contributed by atoms with Crippen LogP contribution < -0.4 is 10.6 Å². The second-order valence-electron chi connectivity index (χ2n) is 6.86. The fourth-order valence-corrected chi connectivity index (χ4v) is 4.04. The highest BCUT2D eigenvalue weighted by molar-refractivity contribution is 7.12. The molecule has 4 atom stereocenters. The van der Waals surface area contributed by atoms with Gasteiger partial charge in [-0.15, -0.1) is 11.3 Å². The third-order valence-electron chi connectivity index (χ3n) is 4.87. The molecule has 2 N–H and O–H groups in total. The molecule has 2 aromatic rings. The van der Waals surface area contributed by atoms with Crippen molar-refractivity contribution in [3.05, 3.63) is 52.2 Å². The Morgan fingerprint density at radius 3 is 2.52 bits per heavy atom. The van der Waals surface area contributed by atoms with Gasteiger partial charge < -0.3 is 19.5 Å². The van der Waals surface area contributed by atoms with Gasteiger partial charge in [0.25, 0.3) is 5.91 Å². The van der Waals surface area contributed by atoms with Gasteiger partial charge in [0.1, 0.15) is 12.2 Å². The van der Waals surface area contributed by atoms with Crippen molar-refractivity contribution in [2.45, 2.75) is 31.3 Å². The van der Waals surface area contributed by atoms with Crippen LogP contribution >= 0.6 is 11.3 Å². The van der Waals surface area contributed by atoms with Crippen molar-refractivity contribution in [3.8, 4) is 0 Å². The molecule has 2 fully saturated rings. The molecule has 2 aliphatic rings. The van der Waals surface area contributed by atoms with Gasteiger partial charge in [-0.05, 0) is 42.6 Å². The Bertz CT molecular complexity index is 898. The summed E-state index contributed by atoms with van der Waals surface area (Å²) in [4.78, 5) is 36.4. The number of Topliss-reactive ketones (excluding diaryl/α,β-unsaturated/α-hetero) is 1. The minimum Gasteiger partial charge on any atom is -0.441 e. The van der Waals surface area contributed by atoms with Gasteiger partial charge in [0.15, 0.2) is 11.9 Å². The zero-order chi connectivity index (χ0) is 20.4. The molecule has 4 rings (SSSR count). The lowest BCUT2D eigenvalue weighted by Gasteiger charge is -2.18. The summed E-state index contributed by atoms with van der Waals surface area (Å²) in [5.74, 6) is -0.221. The number of carbonyl (C=O) groups is 3. The molecule has 1 aromatic carbocycles. The summed E-state index contributed by atoms with van der Waals surface area (Å²) >= 11 is 1.36. The molecule has 9 heteroatoms. The van der Waals surface area contributed by atoms with Gasteiger partial charge in [-0.2, -0.15) is 0 Å². The zero-order valence-electron chi connectivity index (χ0n) is 15.6. The molecule has 3 heterocycles. The number of benzene rings is 1. The molecule has 29 heavy (non-hydrogen) atoms. The zero-order valence-corrected chi connectivity index (χ0v) is 16.4. The van der Waals surface area contributed by atoms with E-state index in [2.05, 4.69) is 10.6 Å². The van der Waals surface area contributed by atoms with Gasteiger partial charge >= 0.3 is 6.09 Å². The lowest BCUT2D eigenvalue weighted by molar-refractivity contribution is 0.00862. The van der Waals surface area contributed by atoms with E-state index in [1.165, 1.54) is 18.3 Å². The second-order valence-corrected chi connectivity index (χ2v) is 7.80. The fraction of sp³-hybridized carbons (Fsp3) is 0.350. The molecule has 0 bridgehead atoms. The number of carbonyl (C=O) groups excluding carboxylic acids is 3. The summed E-state index contributed by atoms with van der Waals surface area (Å²) in [5.41, 5.74) is 1.08. The maximum atomic E-state index is 12.3. The maximum absolute atomic E-state index is 12.3. The van der Waals surface area contributed by atoms with E-state index in [4.69, 9.17) is 14.2 Å². The van der Waals surface area contributed by atoms with Gasteiger partial charge in [0, 0.05) is 11.3 Å². The summed E-state index contributed by atoms with van der Waals surface area (Å²) in [6.45, 7) is 1.96. The SMILES string of the molecule is CC(=O)c1ccc(NC(=O)O[C@H]2CO[C@@H]3[C@@H]2OC[C@@H]3NC(=O)c2cccs2)cc1. The molecule has 0 spiro atoms. The van der Waals surface area contributed by atoms with Crippen LogP contribution in [0.1, 0.15) is 27.0 Å². The number of ether oxygens (including phenoxy) is 3. The van der Waals surface area contributed by atoms with Crippen LogP contribution in [0.15, 0.2) is 41.8 Å². The Morgan fingerprint density at radius 2 is 1.83 bits per heavy atom. The Hall–Kier alpha value is -2.75. The van der Waals surface area contributed by atoms with E-state index >= 15 is 0 Å². The van der Waals surface area contributed by atoms with Crippen LogP contribution in [0, 0.1) is 0 Å². The number of thiophene rings is 1. The molecule has 152 valence electrons. The van der Waals surface area contributed by atoms with Crippen molar-refractivity contribution >= 4 is 34.8 Å². The van der Waals surface area contributed by atoms with Crippen molar-refractivity contribution < 1.29 is 28.6 Å². The molecular formula is C20H20N2O6S. The molecule has 0 saturated carbocycles. The van der Waals surface area contributed by atoms with Crippen LogP contribution in [-0.2, 0) is 14.2 Å². The lowest BCUT2D eigenvalue weighted by Crippen LogP contribution is -2.44. The van der Waals surface area contributed by atoms with Crippen LogP contribution in [0.2, 0.25) is 0 Å². The van der Waals surface area contributed by atoms with Crippen molar-refractivity contribution in [1.29, 1.82) is 0 Å². The number of nitrogens with one attached hydrogen (secondary N) is 2. The minimum absolute atomic E-state index is 0.0487. The highest BCUT2D eigenvalue weighted by Gasteiger charge is 2.50. The van der Waals surface area contributed by atoms with Crippen molar-refractivity contribution in [1.82, 2.24) is 5.32 Å². The topological polar surface area (TPSA) is 103 Å². The predicted octanol–water partition coefficient (Wildman–Crippen LogP) is 2.46. The van der Waals surface area contributed by atoms with Gasteiger partial charge in [-0.3, -0.25) is 14.9 Å². The van der Waals surface area contributed by atoms with E-state index in [-0.39, 0.29) is 30.4 Å².